The SMILES string of the molecule is Cc1ccc(CNS(=O)(=O)/C=C/c2ccc(Cl)cc2)cc1. The molecule has 0 aromatic heterocycles. The first kappa shape index (κ1) is 15.8. The maximum atomic E-state index is 11.9. The molecule has 3 nitrogen and oxygen atoms in total. The molecule has 0 heterocycles. The predicted molar refractivity (Wildman–Crippen MR) is 87.4 cm³/mol. The summed E-state index contributed by atoms with van der Waals surface area (Å²) in [5, 5.41) is 1.78. The molecule has 0 aliphatic rings. The second-order valence-electron chi connectivity index (χ2n) is 4.71. The van der Waals surface area contributed by atoms with Crippen LogP contribution < -0.4 is 4.72 Å². The lowest BCUT2D eigenvalue weighted by molar-refractivity contribution is 0.591. The molecule has 0 spiro atoms. The lowest BCUT2D eigenvalue weighted by atomic mass is 10.2. The van der Waals surface area contributed by atoms with E-state index in [0.29, 0.717) is 5.02 Å². The second kappa shape index (κ2) is 6.89. The molecular formula is C16H16ClNO2S. The van der Waals surface area contributed by atoms with Crippen LogP contribution >= 0.6 is 11.6 Å². The standard InChI is InChI=1S/C16H16ClNO2S/c1-13-2-4-15(5-3-13)12-18-21(19,20)11-10-14-6-8-16(17)9-7-14/h2-11,18H,12H2,1H3/b11-10+. The highest BCUT2D eigenvalue weighted by Crippen LogP contribution is 2.11. The van der Waals surface area contributed by atoms with Gasteiger partial charge < -0.3 is 0 Å². The zero-order chi connectivity index (χ0) is 15.3. The van der Waals surface area contributed by atoms with Crippen molar-refractivity contribution < 1.29 is 8.42 Å². The monoisotopic (exact) mass is 321 g/mol. The van der Waals surface area contributed by atoms with E-state index in [0.717, 1.165) is 22.1 Å². The van der Waals surface area contributed by atoms with E-state index < -0.39 is 10.0 Å². The molecule has 0 unspecified atom stereocenters. The van der Waals surface area contributed by atoms with E-state index in [1.54, 1.807) is 24.3 Å². The molecule has 1 N–H and O–H groups in total. The molecule has 0 fully saturated rings. The topological polar surface area (TPSA) is 46.2 Å². The van der Waals surface area contributed by atoms with Crippen molar-refractivity contribution in [2.75, 3.05) is 0 Å². The summed E-state index contributed by atoms with van der Waals surface area (Å²) >= 11 is 5.78. The van der Waals surface area contributed by atoms with Gasteiger partial charge in [0.1, 0.15) is 0 Å². The number of halogens is 1. The average molecular weight is 322 g/mol. The van der Waals surface area contributed by atoms with E-state index in [2.05, 4.69) is 4.72 Å². The van der Waals surface area contributed by atoms with Gasteiger partial charge in [-0.15, -0.1) is 0 Å². The van der Waals surface area contributed by atoms with Crippen LogP contribution in [0.4, 0.5) is 0 Å². The van der Waals surface area contributed by atoms with E-state index in [1.807, 2.05) is 31.2 Å². The van der Waals surface area contributed by atoms with Gasteiger partial charge in [-0.3, -0.25) is 0 Å². The van der Waals surface area contributed by atoms with Crippen molar-refractivity contribution in [1.29, 1.82) is 0 Å². The zero-order valence-electron chi connectivity index (χ0n) is 11.6. The van der Waals surface area contributed by atoms with Crippen LogP contribution in [0.1, 0.15) is 16.7 Å². The van der Waals surface area contributed by atoms with E-state index in [4.69, 9.17) is 11.6 Å². The highest BCUT2D eigenvalue weighted by molar-refractivity contribution is 7.92. The molecule has 0 bridgehead atoms. The molecule has 0 saturated carbocycles. The van der Waals surface area contributed by atoms with Crippen LogP contribution in [0.25, 0.3) is 6.08 Å². The fourth-order valence-electron chi connectivity index (χ4n) is 1.68. The summed E-state index contributed by atoms with van der Waals surface area (Å²) in [6, 6.07) is 14.7. The van der Waals surface area contributed by atoms with Crippen LogP contribution in [-0.2, 0) is 16.6 Å². The normalized spacial score (nSPS) is 11.9. The van der Waals surface area contributed by atoms with Crippen LogP contribution in [0.3, 0.4) is 0 Å². The summed E-state index contributed by atoms with van der Waals surface area (Å²) in [6.07, 6.45) is 1.54. The lowest BCUT2D eigenvalue weighted by Gasteiger charge is -2.03. The summed E-state index contributed by atoms with van der Waals surface area (Å²) in [6.45, 7) is 2.26. The van der Waals surface area contributed by atoms with E-state index in [1.165, 1.54) is 6.08 Å². The Morgan fingerprint density at radius 3 is 2.29 bits per heavy atom. The molecule has 0 aliphatic heterocycles. The van der Waals surface area contributed by atoms with Gasteiger partial charge >= 0.3 is 0 Å². The van der Waals surface area contributed by atoms with E-state index in [9.17, 15) is 8.42 Å². The van der Waals surface area contributed by atoms with E-state index in [-0.39, 0.29) is 6.54 Å². The van der Waals surface area contributed by atoms with Gasteiger partial charge in [0.25, 0.3) is 0 Å². The summed E-state index contributed by atoms with van der Waals surface area (Å²) in [4.78, 5) is 0. The molecule has 2 aromatic rings. The van der Waals surface area contributed by atoms with Gasteiger partial charge in [0, 0.05) is 17.0 Å². The second-order valence-corrected chi connectivity index (χ2v) is 6.79. The average Bonchev–Trinajstić information content (AvgIpc) is 2.46. The third-order valence-corrected chi connectivity index (χ3v) is 4.20. The molecule has 2 aromatic carbocycles. The van der Waals surface area contributed by atoms with E-state index >= 15 is 0 Å². The van der Waals surface area contributed by atoms with Gasteiger partial charge in [-0.05, 0) is 36.3 Å². The molecule has 0 aliphatic carbocycles. The fraction of sp³-hybridized carbons (Fsp3) is 0.125. The molecule has 110 valence electrons. The quantitative estimate of drug-likeness (QED) is 0.912. The third-order valence-electron chi connectivity index (χ3n) is 2.91. The largest absolute Gasteiger partial charge is 0.234 e. The summed E-state index contributed by atoms with van der Waals surface area (Å²) in [5.41, 5.74) is 2.84. The van der Waals surface area contributed by atoms with Gasteiger partial charge in [0.15, 0.2) is 0 Å². The number of hydrogen-bond donors (Lipinski definition) is 1. The van der Waals surface area contributed by atoms with Crippen LogP contribution in [0.15, 0.2) is 53.9 Å². The first-order chi connectivity index (χ1) is 9.94. The van der Waals surface area contributed by atoms with Crippen molar-refractivity contribution in [1.82, 2.24) is 4.72 Å². The molecule has 2 rings (SSSR count). The summed E-state index contributed by atoms with van der Waals surface area (Å²) in [7, 11) is -3.46. The predicted octanol–water partition coefficient (Wildman–Crippen LogP) is 3.74. The molecule has 5 heteroatoms. The Hall–Kier alpha value is -1.62. The highest BCUT2D eigenvalue weighted by atomic mass is 35.5. The number of aryl methyl sites for hydroxylation is 1. The maximum Gasteiger partial charge on any atom is 0.234 e. The number of benzene rings is 2. The van der Waals surface area contributed by atoms with Gasteiger partial charge in [0.05, 0.1) is 0 Å². The van der Waals surface area contributed by atoms with Crippen LogP contribution in [0.5, 0.6) is 0 Å². The van der Waals surface area contributed by atoms with Crippen LogP contribution in [0.2, 0.25) is 5.02 Å². The maximum absolute atomic E-state index is 11.9. The Kier molecular flexibility index (Phi) is 5.17. The minimum Gasteiger partial charge on any atom is -0.208 e. The Labute approximate surface area is 130 Å². The van der Waals surface area contributed by atoms with Crippen molar-refractivity contribution in [3.05, 3.63) is 75.7 Å². The number of rotatable bonds is 5. The number of hydrogen-bond acceptors (Lipinski definition) is 2. The van der Waals surface area contributed by atoms with Gasteiger partial charge in [-0.1, -0.05) is 53.6 Å². The molecule has 0 saturated heterocycles. The van der Waals surface area contributed by atoms with Gasteiger partial charge in [-0.2, -0.15) is 0 Å². The van der Waals surface area contributed by atoms with Crippen molar-refractivity contribution in [3.63, 3.8) is 0 Å². The van der Waals surface area contributed by atoms with Gasteiger partial charge in [-0.25, -0.2) is 13.1 Å². The summed E-state index contributed by atoms with van der Waals surface area (Å²) < 4.78 is 26.3. The molecule has 21 heavy (non-hydrogen) atoms. The van der Waals surface area contributed by atoms with Crippen LogP contribution in [-0.4, -0.2) is 8.42 Å². The number of sulfonamides is 1. The smallest absolute Gasteiger partial charge is 0.208 e. The fourth-order valence-corrected chi connectivity index (χ4v) is 2.61. The first-order valence-electron chi connectivity index (χ1n) is 6.43. The Morgan fingerprint density at radius 1 is 1.05 bits per heavy atom. The minimum atomic E-state index is -3.46. The molecule has 0 atom stereocenters. The molecule has 0 radical (unpaired) electrons. The Balaban J connectivity index is 1.98. The molecular weight excluding hydrogens is 306 g/mol. The Morgan fingerprint density at radius 2 is 1.67 bits per heavy atom. The van der Waals surface area contributed by atoms with Crippen molar-refractivity contribution in [2.45, 2.75) is 13.5 Å². The van der Waals surface area contributed by atoms with Gasteiger partial charge in [0.2, 0.25) is 10.0 Å². The van der Waals surface area contributed by atoms with Crippen LogP contribution in [0, 0.1) is 6.92 Å². The van der Waals surface area contributed by atoms with Crippen molar-refractivity contribution in [3.8, 4) is 0 Å². The summed E-state index contributed by atoms with van der Waals surface area (Å²) in [5.74, 6) is 0. The minimum absolute atomic E-state index is 0.271. The third kappa shape index (κ3) is 5.34. The highest BCUT2D eigenvalue weighted by Gasteiger charge is 2.04. The first-order valence-corrected chi connectivity index (χ1v) is 8.36. The van der Waals surface area contributed by atoms with Crippen molar-refractivity contribution >= 4 is 27.7 Å². The molecule has 0 amide bonds. The number of nitrogens with one attached hydrogen (secondary N) is 1. The zero-order valence-corrected chi connectivity index (χ0v) is 13.2. The Bertz CT molecular complexity index is 720. The van der Waals surface area contributed by atoms with Crippen molar-refractivity contribution in [2.24, 2.45) is 0 Å². The lowest BCUT2D eigenvalue weighted by Crippen LogP contribution is -2.20.